The summed E-state index contributed by atoms with van der Waals surface area (Å²) < 4.78 is 13.2. The highest BCUT2D eigenvalue weighted by Gasteiger charge is 2.19. The molecule has 20 heavy (non-hydrogen) atoms. The Morgan fingerprint density at radius 1 is 1.25 bits per heavy atom. The van der Waals surface area contributed by atoms with Crippen LogP contribution in [0.1, 0.15) is 31.1 Å². The Labute approximate surface area is 117 Å². The van der Waals surface area contributed by atoms with Crippen molar-refractivity contribution < 1.29 is 14.0 Å². The van der Waals surface area contributed by atoms with Gasteiger partial charge in [0.05, 0.1) is 11.8 Å². The number of pyridine rings is 1. The molecule has 0 aliphatic carbocycles. The van der Waals surface area contributed by atoms with Gasteiger partial charge in [-0.3, -0.25) is 9.59 Å². The topological polar surface area (TPSA) is 83.1 Å². The third-order valence-electron chi connectivity index (χ3n) is 2.51. The van der Waals surface area contributed by atoms with E-state index in [1.807, 2.05) is 13.8 Å². The van der Waals surface area contributed by atoms with Gasteiger partial charge in [-0.1, -0.05) is 0 Å². The van der Waals surface area contributed by atoms with Crippen molar-refractivity contribution in [2.75, 3.05) is 12.4 Å². The van der Waals surface area contributed by atoms with E-state index in [2.05, 4.69) is 20.9 Å². The molecule has 7 heteroatoms. The third kappa shape index (κ3) is 4.18. The molecule has 0 aromatic carbocycles. The van der Waals surface area contributed by atoms with Crippen LogP contribution in [0.15, 0.2) is 12.3 Å². The largest absolute Gasteiger partial charge is 0.372 e. The second-order valence-electron chi connectivity index (χ2n) is 4.66. The molecule has 0 saturated heterocycles. The summed E-state index contributed by atoms with van der Waals surface area (Å²) in [6, 6.07) is 0.324. The maximum absolute atomic E-state index is 13.2. The van der Waals surface area contributed by atoms with Gasteiger partial charge in [0.2, 0.25) is 5.91 Å². The summed E-state index contributed by atoms with van der Waals surface area (Å²) in [5, 5.41) is 7.89. The number of nitrogens with one attached hydrogen (secondary N) is 3. The van der Waals surface area contributed by atoms with E-state index in [1.165, 1.54) is 0 Å². The van der Waals surface area contributed by atoms with Gasteiger partial charge in [0.15, 0.2) is 0 Å². The maximum atomic E-state index is 13.2. The van der Waals surface area contributed by atoms with Crippen molar-refractivity contribution in [1.29, 1.82) is 0 Å². The van der Waals surface area contributed by atoms with E-state index in [0.29, 0.717) is 0 Å². The summed E-state index contributed by atoms with van der Waals surface area (Å²) in [5.41, 5.74) is 0.0525. The molecule has 3 N–H and O–H groups in total. The lowest BCUT2D eigenvalue weighted by atomic mass is 10.2. The Morgan fingerprint density at radius 2 is 1.90 bits per heavy atom. The summed E-state index contributed by atoms with van der Waals surface area (Å²) >= 11 is 0. The zero-order valence-electron chi connectivity index (χ0n) is 12.0. The predicted octanol–water partition coefficient (Wildman–Crippen LogP) is 0.905. The van der Waals surface area contributed by atoms with Gasteiger partial charge < -0.3 is 16.0 Å². The standard InChI is InChI=1S/C13H19FN4O2/c1-7(2)17-12(19)8(3)18-13(20)10-5-9(14)6-16-11(10)15-4/h5-8H,1-4H3,(H,15,16)(H,17,19)(H,18,20). The molecule has 0 spiro atoms. The molecule has 1 heterocycles. The molecular formula is C13H19FN4O2. The highest BCUT2D eigenvalue weighted by molar-refractivity contribution is 6.01. The normalized spacial score (nSPS) is 11.9. The second-order valence-corrected chi connectivity index (χ2v) is 4.66. The summed E-state index contributed by atoms with van der Waals surface area (Å²) in [6.07, 6.45) is 1.01. The van der Waals surface area contributed by atoms with Crippen molar-refractivity contribution in [3.8, 4) is 0 Å². The van der Waals surface area contributed by atoms with E-state index in [4.69, 9.17) is 0 Å². The number of amides is 2. The zero-order valence-corrected chi connectivity index (χ0v) is 12.0. The summed E-state index contributed by atoms with van der Waals surface area (Å²) in [5.74, 6) is -1.23. The second kappa shape index (κ2) is 6.83. The quantitative estimate of drug-likeness (QED) is 0.749. The summed E-state index contributed by atoms with van der Waals surface area (Å²) in [4.78, 5) is 27.5. The van der Waals surface area contributed by atoms with Crippen molar-refractivity contribution >= 4 is 17.6 Å². The highest BCUT2D eigenvalue weighted by Crippen LogP contribution is 2.13. The summed E-state index contributed by atoms with van der Waals surface area (Å²) in [6.45, 7) is 5.20. The number of carbonyl (C=O) groups excluding carboxylic acids is 2. The van der Waals surface area contributed by atoms with Crippen LogP contribution >= 0.6 is 0 Å². The number of hydrogen-bond acceptors (Lipinski definition) is 4. The van der Waals surface area contributed by atoms with Crippen molar-refractivity contribution in [3.63, 3.8) is 0 Å². The van der Waals surface area contributed by atoms with Gasteiger partial charge in [-0.05, 0) is 26.8 Å². The summed E-state index contributed by atoms with van der Waals surface area (Å²) in [7, 11) is 1.58. The van der Waals surface area contributed by atoms with E-state index in [-0.39, 0.29) is 23.3 Å². The van der Waals surface area contributed by atoms with Crippen LogP contribution in [0.3, 0.4) is 0 Å². The Bertz CT molecular complexity index is 505. The first-order chi connectivity index (χ1) is 9.35. The third-order valence-corrected chi connectivity index (χ3v) is 2.51. The minimum absolute atomic E-state index is 0.0226. The van der Waals surface area contributed by atoms with Gasteiger partial charge in [0.25, 0.3) is 5.91 Å². The molecule has 1 aromatic rings. The SMILES string of the molecule is CNc1ncc(F)cc1C(=O)NC(C)C(=O)NC(C)C. The molecule has 1 atom stereocenters. The fourth-order valence-electron chi connectivity index (χ4n) is 1.56. The predicted molar refractivity (Wildman–Crippen MR) is 73.9 cm³/mol. The van der Waals surface area contributed by atoms with Crippen LogP contribution in [0.4, 0.5) is 10.2 Å². The molecule has 0 aliphatic heterocycles. The van der Waals surface area contributed by atoms with Crippen LogP contribution in [0, 0.1) is 5.82 Å². The molecule has 2 amide bonds. The van der Waals surface area contributed by atoms with Crippen molar-refractivity contribution in [2.24, 2.45) is 0 Å². The Morgan fingerprint density at radius 3 is 2.45 bits per heavy atom. The van der Waals surface area contributed by atoms with Gasteiger partial charge in [-0.15, -0.1) is 0 Å². The van der Waals surface area contributed by atoms with E-state index < -0.39 is 17.8 Å². The van der Waals surface area contributed by atoms with Crippen LogP contribution in [-0.4, -0.2) is 35.9 Å². The number of aromatic nitrogens is 1. The van der Waals surface area contributed by atoms with Gasteiger partial charge in [0, 0.05) is 13.1 Å². The lowest BCUT2D eigenvalue weighted by Crippen LogP contribution is -2.46. The van der Waals surface area contributed by atoms with E-state index in [0.717, 1.165) is 12.3 Å². The van der Waals surface area contributed by atoms with Crippen LogP contribution in [-0.2, 0) is 4.79 Å². The zero-order chi connectivity index (χ0) is 15.3. The molecule has 110 valence electrons. The average Bonchev–Trinajstić information content (AvgIpc) is 2.37. The van der Waals surface area contributed by atoms with E-state index >= 15 is 0 Å². The van der Waals surface area contributed by atoms with Crippen molar-refractivity contribution in [2.45, 2.75) is 32.9 Å². The molecular weight excluding hydrogens is 263 g/mol. The molecule has 0 fully saturated rings. The first kappa shape index (κ1) is 15.9. The number of halogens is 1. The van der Waals surface area contributed by atoms with Crippen molar-refractivity contribution in [1.82, 2.24) is 15.6 Å². The van der Waals surface area contributed by atoms with Gasteiger partial charge in [-0.25, -0.2) is 9.37 Å². The number of rotatable bonds is 5. The van der Waals surface area contributed by atoms with Crippen LogP contribution in [0.25, 0.3) is 0 Å². The Hall–Kier alpha value is -2.18. The monoisotopic (exact) mass is 282 g/mol. The maximum Gasteiger partial charge on any atom is 0.255 e. The van der Waals surface area contributed by atoms with Gasteiger partial charge >= 0.3 is 0 Å². The number of carbonyl (C=O) groups is 2. The minimum Gasteiger partial charge on any atom is -0.372 e. The van der Waals surface area contributed by atoms with Gasteiger partial charge in [-0.2, -0.15) is 0 Å². The molecule has 0 radical (unpaired) electrons. The fraction of sp³-hybridized carbons (Fsp3) is 0.462. The number of nitrogens with zero attached hydrogens (tertiary/aromatic N) is 1. The molecule has 1 unspecified atom stereocenters. The van der Waals surface area contributed by atoms with Crippen LogP contribution in [0.2, 0.25) is 0 Å². The highest BCUT2D eigenvalue weighted by atomic mass is 19.1. The Balaban J connectivity index is 2.81. The smallest absolute Gasteiger partial charge is 0.255 e. The van der Waals surface area contributed by atoms with E-state index in [1.54, 1.807) is 14.0 Å². The van der Waals surface area contributed by atoms with Crippen LogP contribution < -0.4 is 16.0 Å². The fourth-order valence-corrected chi connectivity index (χ4v) is 1.56. The number of anilines is 1. The molecule has 6 nitrogen and oxygen atoms in total. The van der Waals surface area contributed by atoms with Crippen molar-refractivity contribution in [3.05, 3.63) is 23.6 Å². The average molecular weight is 282 g/mol. The molecule has 0 bridgehead atoms. The van der Waals surface area contributed by atoms with Gasteiger partial charge in [0.1, 0.15) is 17.7 Å². The molecule has 1 rings (SSSR count). The minimum atomic E-state index is -0.724. The molecule has 0 aliphatic rings. The lowest BCUT2D eigenvalue weighted by molar-refractivity contribution is -0.123. The molecule has 0 saturated carbocycles. The molecule has 1 aromatic heterocycles. The first-order valence-electron chi connectivity index (χ1n) is 6.29. The first-order valence-corrected chi connectivity index (χ1v) is 6.29. The van der Waals surface area contributed by atoms with E-state index in [9.17, 15) is 14.0 Å². The Kier molecular flexibility index (Phi) is 5.42. The number of hydrogen-bond donors (Lipinski definition) is 3. The van der Waals surface area contributed by atoms with Crippen LogP contribution in [0.5, 0.6) is 0 Å². The lowest BCUT2D eigenvalue weighted by Gasteiger charge is -2.16.